The van der Waals surface area contributed by atoms with Crippen LogP contribution in [0.3, 0.4) is 0 Å². The summed E-state index contributed by atoms with van der Waals surface area (Å²) in [6, 6.07) is 21.7. The molecule has 0 saturated heterocycles. The molecule has 30 heavy (non-hydrogen) atoms. The van der Waals surface area contributed by atoms with Crippen LogP contribution in [0.15, 0.2) is 78.9 Å². The van der Waals surface area contributed by atoms with Crippen molar-refractivity contribution in [2.75, 3.05) is 10.6 Å². The molecule has 0 radical (unpaired) electrons. The molecule has 0 unspecified atom stereocenters. The van der Waals surface area contributed by atoms with Gasteiger partial charge in [-0.25, -0.2) is 4.79 Å². The molecule has 0 spiro atoms. The third kappa shape index (κ3) is 2.97. The fourth-order valence-electron chi connectivity index (χ4n) is 3.94. The molecule has 0 saturated carbocycles. The van der Waals surface area contributed by atoms with E-state index in [0.29, 0.717) is 5.69 Å². The van der Waals surface area contributed by atoms with Crippen molar-refractivity contribution in [2.45, 2.75) is 6.18 Å². The molecule has 2 N–H and O–H groups in total. The molecule has 0 aliphatic heterocycles. The van der Waals surface area contributed by atoms with Crippen molar-refractivity contribution < 1.29 is 18.0 Å². The van der Waals surface area contributed by atoms with Crippen molar-refractivity contribution in [3.05, 3.63) is 84.4 Å². The monoisotopic (exact) mass is 404 g/mol. The van der Waals surface area contributed by atoms with Gasteiger partial charge >= 0.3 is 12.2 Å². The summed E-state index contributed by atoms with van der Waals surface area (Å²) in [6.07, 6.45) is -4.41. The number of urea groups is 1. The average molecular weight is 404 g/mol. The lowest BCUT2D eigenvalue weighted by atomic mass is 10.0. The molecule has 6 heteroatoms. The third-order valence-electron chi connectivity index (χ3n) is 5.27. The minimum atomic E-state index is -4.41. The molecule has 0 bridgehead atoms. The molecule has 4 aromatic carbocycles. The number of alkyl halides is 3. The van der Waals surface area contributed by atoms with Crippen molar-refractivity contribution >= 4 is 28.2 Å². The Bertz CT molecular complexity index is 1270. The van der Waals surface area contributed by atoms with Gasteiger partial charge in [0, 0.05) is 11.1 Å². The van der Waals surface area contributed by atoms with E-state index in [1.54, 1.807) is 0 Å². The Kier molecular flexibility index (Phi) is 4.03. The number of amides is 2. The number of carbonyl (C=O) groups is 1. The number of nitrogens with one attached hydrogen (secondary N) is 2. The molecule has 0 heterocycles. The first-order valence-corrected chi connectivity index (χ1v) is 9.32. The van der Waals surface area contributed by atoms with Gasteiger partial charge in [0.15, 0.2) is 0 Å². The standard InChI is InChI=1S/C24H15F3N2O/c25-24(26,27)14-8-10-15(11-9-14)28-23(30)29-21-13-12-19-17-5-2-1-4-16(17)18-6-3-7-20(21)22(18)19/h1-13H,(H2,28,29,30). The highest BCUT2D eigenvalue weighted by Crippen LogP contribution is 2.48. The van der Waals surface area contributed by atoms with E-state index >= 15 is 0 Å². The zero-order valence-corrected chi connectivity index (χ0v) is 15.5. The Morgan fingerprint density at radius 1 is 0.667 bits per heavy atom. The summed E-state index contributed by atoms with van der Waals surface area (Å²) in [6.45, 7) is 0. The van der Waals surface area contributed by atoms with Crippen molar-refractivity contribution in [3.8, 4) is 22.3 Å². The maximum atomic E-state index is 12.7. The number of fused-ring (bicyclic) bond motifs is 3. The molecule has 2 amide bonds. The van der Waals surface area contributed by atoms with Crippen LogP contribution in [0.5, 0.6) is 0 Å². The van der Waals surface area contributed by atoms with Crippen LogP contribution >= 0.6 is 0 Å². The smallest absolute Gasteiger partial charge is 0.308 e. The maximum Gasteiger partial charge on any atom is 0.416 e. The van der Waals surface area contributed by atoms with E-state index in [4.69, 9.17) is 0 Å². The second-order valence-electron chi connectivity index (χ2n) is 7.09. The fourth-order valence-corrected chi connectivity index (χ4v) is 3.94. The Hall–Kier alpha value is -3.80. The highest BCUT2D eigenvalue weighted by Gasteiger charge is 2.30. The number of hydrogen-bond donors (Lipinski definition) is 2. The first kappa shape index (κ1) is 18.2. The van der Waals surface area contributed by atoms with Gasteiger partial charge in [0.1, 0.15) is 0 Å². The van der Waals surface area contributed by atoms with E-state index in [-0.39, 0.29) is 5.69 Å². The number of carbonyl (C=O) groups excluding carboxylic acids is 1. The molecule has 0 atom stereocenters. The molecule has 1 aliphatic rings. The van der Waals surface area contributed by atoms with Crippen molar-refractivity contribution in [1.29, 1.82) is 0 Å². The van der Waals surface area contributed by atoms with Gasteiger partial charge in [0.2, 0.25) is 0 Å². The molecule has 148 valence electrons. The third-order valence-corrected chi connectivity index (χ3v) is 5.27. The van der Waals surface area contributed by atoms with E-state index in [0.717, 1.165) is 45.2 Å². The minimum Gasteiger partial charge on any atom is -0.308 e. The highest BCUT2D eigenvalue weighted by atomic mass is 19.4. The highest BCUT2D eigenvalue weighted by molar-refractivity contribution is 6.19. The fraction of sp³-hybridized carbons (Fsp3) is 0.0417. The van der Waals surface area contributed by atoms with Gasteiger partial charge in [-0.3, -0.25) is 0 Å². The summed E-state index contributed by atoms with van der Waals surface area (Å²) in [5, 5.41) is 7.37. The summed E-state index contributed by atoms with van der Waals surface area (Å²) < 4.78 is 38.1. The predicted octanol–water partition coefficient (Wildman–Crippen LogP) is 7.15. The van der Waals surface area contributed by atoms with Crippen molar-refractivity contribution in [2.24, 2.45) is 0 Å². The van der Waals surface area contributed by atoms with Crippen LogP contribution in [-0.4, -0.2) is 6.03 Å². The molecule has 1 aliphatic carbocycles. The van der Waals surface area contributed by atoms with Crippen LogP contribution in [0.4, 0.5) is 29.3 Å². The normalized spacial score (nSPS) is 12.0. The lowest BCUT2D eigenvalue weighted by molar-refractivity contribution is -0.137. The first-order chi connectivity index (χ1) is 14.4. The summed E-state index contributed by atoms with van der Waals surface area (Å²) in [7, 11) is 0. The van der Waals surface area contributed by atoms with Crippen LogP contribution in [-0.2, 0) is 6.18 Å². The largest absolute Gasteiger partial charge is 0.416 e. The number of hydrogen-bond acceptors (Lipinski definition) is 1. The molecular formula is C24H15F3N2O. The van der Waals surface area contributed by atoms with Crippen LogP contribution < -0.4 is 10.6 Å². The molecule has 0 aromatic heterocycles. The summed E-state index contributed by atoms with van der Waals surface area (Å²) >= 11 is 0. The van der Waals surface area contributed by atoms with Gasteiger partial charge in [-0.05, 0) is 58.0 Å². The van der Waals surface area contributed by atoms with Gasteiger partial charge in [0.25, 0.3) is 0 Å². The van der Waals surface area contributed by atoms with E-state index in [1.807, 2.05) is 36.4 Å². The Morgan fingerprint density at radius 2 is 1.30 bits per heavy atom. The first-order valence-electron chi connectivity index (χ1n) is 9.32. The van der Waals surface area contributed by atoms with Crippen LogP contribution in [0.25, 0.3) is 33.0 Å². The zero-order chi connectivity index (χ0) is 20.9. The van der Waals surface area contributed by atoms with Crippen molar-refractivity contribution in [1.82, 2.24) is 0 Å². The lowest BCUT2D eigenvalue weighted by Crippen LogP contribution is -2.19. The SMILES string of the molecule is O=C(Nc1ccc(C(F)(F)F)cc1)Nc1ccc2c3c(cccc13)-c1ccccc1-2. The van der Waals surface area contributed by atoms with Gasteiger partial charge in [0.05, 0.1) is 11.3 Å². The number of benzene rings is 4. The topological polar surface area (TPSA) is 41.1 Å². The van der Waals surface area contributed by atoms with Crippen molar-refractivity contribution in [3.63, 3.8) is 0 Å². The lowest BCUT2D eigenvalue weighted by Gasteiger charge is -2.12. The molecule has 3 nitrogen and oxygen atoms in total. The second-order valence-corrected chi connectivity index (χ2v) is 7.09. The summed E-state index contributed by atoms with van der Waals surface area (Å²) in [5.41, 5.74) is 4.69. The van der Waals surface area contributed by atoms with E-state index in [9.17, 15) is 18.0 Å². The minimum absolute atomic E-state index is 0.277. The second kappa shape index (κ2) is 6.62. The molecule has 0 fully saturated rings. The van der Waals surface area contributed by atoms with Gasteiger partial charge in [-0.15, -0.1) is 0 Å². The predicted molar refractivity (Wildman–Crippen MR) is 112 cm³/mol. The summed E-state index contributed by atoms with van der Waals surface area (Å²) in [4.78, 5) is 12.5. The van der Waals surface area contributed by atoms with Gasteiger partial charge < -0.3 is 10.6 Å². The van der Waals surface area contributed by atoms with E-state index in [2.05, 4.69) is 28.8 Å². The van der Waals surface area contributed by atoms with Crippen LogP contribution in [0.1, 0.15) is 5.56 Å². The molecule has 5 rings (SSSR count). The Labute approximate surface area is 170 Å². The number of halogens is 3. The number of anilines is 2. The maximum absolute atomic E-state index is 12.7. The van der Waals surface area contributed by atoms with E-state index in [1.165, 1.54) is 12.1 Å². The Balaban J connectivity index is 1.43. The zero-order valence-electron chi connectivity index (χ0n) is 15.5. The van der Waals surface area contributed by atoms with Crippen LogP contribution in [0, 0.1) is 0 Å². The Morgan fingerprint density at radius 3 is 1.97 bits per heavy atom. The number of rotatable bonds is 2. The van der Waals surface area contributed by atoms with E-state index < -0.39 is 17.8 Å². The van der Waals surface area contributed by atoms with Gasteiger partial charge in [-0.1, -0.05) is 48.5 Å². The van der Waals surface area contributed by atoms with Crippen LogP contribution in [0.2, 0.25) is 0 Å². The quantitative estimate of drug-likeness (QED) is 0.322. The van der Waals surface area contributed by atoms with Gasteiger partial charge in [-0.2, -0.15) is 13.2 Å². The average Bonchev–Trinajstić information content (AvgIpc) is 3.05. The molecule has 4 aromatic rings. The molecular weight excluding hydrogens is 389 g/mol. The summed E-state index contributed by atoms with van der Waals surface area (Å²) in [5.74, 6) is 0.